The van der Waals surface area contributed by atoms with Crippen LogP contribution in [0.1, 0.15) is 85.5 Å². The molecule has 0 atom stereocenters. The molecule has 2 saturated carbocycles. The van der Waals surface area contributed by atoms with Gasteiger partial charge < -0.3 is 0 Å². The standard InChI is InChI=1S/C22H44I2S2/c1-18(2)26(7,19(3)4)22(24)15-11-20(12-16-22)17-25(5,6)21(23)13-9-8-10-14-21/h18-20H,8-17H2,1-7H3. The molecule has 0 spiro atoms. The summed E-state index contributed by atoms with van der Waals surface area (Å²) in [4.78, 5) is 0. The Bertz CT molecular complexity index is 451. The van der Waals surface area contributed by atoms with Gasteiger partial charge in [0.2, 0.25) is 0 Å². The van der Waals surface area contributed by atoms with E-state index >= 15 is 0 Å². The van der Waals surface area contributed by atoms with Crippen molar-refractivity contribution >= 4 is 65.2 Å². The molecule has 26 heavy (non-hydrogen) atoms. The summed E-state index contributed by atoms with van der Waals surface area (Å²) in [5, 5.41) is 1.69. The zero-order valence-electron chi connectivity index (χ0n) is 18.4. The Morgan fingerprint density at radius 3 is 1.65 bits per heavy atom. The molecule has 0 radical (unpaired) electrons. The minimum atomic E-state index is -0.581. The highest BCUT2D eigenvalue weighted by Gasteiger charge is 2.48. The molecular weight excluding hydrogens is 582 g/mol. The van der Waals surface area contributed by atoms with Crippen molar-refractivity contribution in [1.82, 2.24) is 0 Å². The predicted octanol–water partition coefficient (Wildman–Crippen LogP) is 8.72. The summed E-state index contributed by atoms with van der Waals surface area (Å²) in [7, 11) is -1.08. The van der Waals surface area contributed by atoms with Gasteiger partial charge in [-0.25, -0.2) is 20.1 Å². The first-order valence-electron chi connectivity index (χ1n) is 10.7. The lowest BCUT2D eigenvalue weighted by Crippen LogP contribution is -2.42. The highest BCUT2D eigenvalue weighted by atomic mass is 127. The second-order valence-electron chi connectivity index (χ2n) is 10.1. The van der Waals surface area contributed by atoms with E-state index in [1.807, 2.05) is 0 Å². The van der Waals surface area contributed by atoms with E-state index in [1.54, 1.807) is 0 Å². The second kappa shape index (κ2) is 9.11. The highest BCUT2D eigenvalue weighted by molar-refractivity contribution is 14.1. The molecular formula is C22H44I2S2. The summed E-state index contributed by atoms with van der Waals surface area (Å²) in [6.45, 7) is 9.99. The van der Waals surface area contributed by atoms with Crippen LogP contribution < -0.4 is 0 Å². The van der Waals surface area contributed by atoms with Gasteiger partial charge in [0.15, 0.2) is 0 Å². The maximum atomic E-state index is 2.93. The second-order valence-corrected chi connectivity index (χ2v) is 24.7. The van der Waals surface area contributed by atoms with Crippen LogP contribution in [0.5, 0.6) is 0 Å². The maximum absolute atomic E-state index is 2.93. The molecule has 4 heteroatoms. The largest absolute Gasteiger partial charge is 0.232 e. The third-order valence-corrected chi connectivity index (χ3v) is 26.0. The van der Waals surface area contributed by atoms with Crippen molar-refractivity contribution in [2.45, 2.75) is 101 Å². The average Bonchev–Trinajstić information content (AvgIpc) is 2.56. The number of hydrogen-bond acceptors (Lipinski definition) is 0. The molecule has 0 aliphatic heterocycles. The molecule has 0 aromatic carbocycles. The molecule has 0 aromatic heterocycles. The number of hydrogen-bond donors (Lipinski definition) is 0. The molecule has 0 amide bonds. The number of halogens is 2. The molecule has 2 fully saturated rings. The van der Waals surface area contributed by atoms with Crippen LogP contribution in [-0.2, 0) is 0 Å². The van der Waals surface area contributed by atoms with Crippen molar-refractivity contribution in [1.29, 1.82) is 0 Å². The Kier molecular flexibility index (Phi) is 8.56. The SMILES string of the molecule is CC(C)S(C)(C(C)C)C1(I)CCC(CS(C)(C)C2(I)CCCCC2)CC1. The van der Waals surface area contributed by atoms with Gasteiger partial charge in [0.05, 0.1) is 5.51 Å². The maximum Gasteiger partial charge on any atom is 0.0523 e. The van der Waals surface area contributed by atoms with Crippen LogP contribution >= 0.6 is 65.2 Å². The fourth-order valence-electron chi connectivity index (χ4n) is 5.48. The molecule has 2 aliphatic rings. The number of alkyl halides is 2. The molecule has 2 aliphatic carbocycles. The van der Waals surface area contributed by atoms with Gasteiger partial charge in [-0.1, -0.05) is 92.1 Å². The van der Waals surface area contributed by atoms with Crippen molar-refractivity contribution < 1.29 is 0 Å². The molecule has 0 N–H and O–H groups in total. The molecule has 158 valence electrons. The molecule has 0 bridgehead atoms. The Morgan fingerprint density at radius 2 is 1.23 bits per heavy atom. The Balaban J connectivity index is 2.03. The Hall–Kier alpha value is 2.16. The first-order chi connectivity index (χ1) is 11.9. The van der Waals surface area contributed by atoms with Crippen molar-refractivity contribution in [3.05, 3.63) is 0 Å². The van der Waals surface area contributed by atoms with Gasteiger partial charge in [-0.05, 0) is 79.5 Å². The van der Waals surface area contributed by atoms with Crippen LogP contribution in [0.15, 0.2) is 0 Å². The van der Waals surface area contributed by atoms with Crippen LogP contribution in [-0.4, -0.2) is 40.5 Å². The first kappa shape index (κ1) is 24.4. The quantitative estimate of drug-likeness (QED) is 0.204. The molecule has 0 saturated heterocycles. The lowest BCUT2D eigenvalue weighted by Gasteiger charge is -2.59. The third-order valence-electron chi connectivity index (χ3n) is 7.84. The van der Waals surface area contributed by atoms with Gasteiger partial charge in [0.1, 0.15) is 0 Å². The minimum absolute atomic E-state index is 0.497. The van der Waals surface area contributed by atoms with Gasteiger partial charge in [-0.2, -0.15) is 0 Å². The van der Waals surface area contributed by atoms with Gasteiger partial charge in [-0.3, -0.25) is 0 Å². The molecule has 0 unspecified atom stereocenters. The smallest absolute Gasteiger partial charge is 0.0523 e. The van der Waals surface area contributed by atoms with Gasteiger partial charge in [0, 0.05) is 0 Å². The minimum Gasteiger partial charge on any atom is -0.232 e. The van der Waals surface area contributed by atoms with Crippen molar-refractivity contribution in [3.8, 4) is 0 Å². The fourth-order valence-corrected chi connectivity index (χ4v) is 17.5. The summed E-state index contributed by atoms with van der Waals surface area (Å²) in [6.07, 6.45) is 21.4. The zero-order valence-corrected chi connectivity index (χ0v) is 24.3. The lowest BCUT2D eigenvalue weighted by atomic mass is 9.90. The molecule has 0 aromatic rings. The molecule has 2 rings (SSSR count). The fraction of sp³-hybridized carbons (Fsp3) is 1.00. The van der Waals surface area contributed by atoms with Crippen molar-refractivity contribution in [2.24, 2.45) is 5.92 Å². The van der Waals surface area contributed by atoms with E-state index in [0.29, 0.717) is 5.51 Å². The zero-order chi connectivity index (χ0) is 19.8. The van der Waals surface area contributed by atoms with E-state index in [1.165, 1.54) is 63.5 Å². The van der Waals surface area contributed by atoms with E-state index in [4.69, 9.17) is 0 Å². The highest BCUT2D eigenvalue weighted by Crippen LogP contribution is 2.72. The van der Waals surface area contributed by atoms with E-state index in [-0.39, 0.29) is 0 Å². The summed E-state index contributed by atoms with van der Waals surface area (Å²) < 4.78 is 1.22. The van der Waals surface area contributed by atoms with Gasteiger partial charge >= 0.3 is 0 Å². The summed E-state index contributed by atoms with van der Waals surface area (Å²) in [5.41, 5.74) is 0. The van der Waals surface area contributed by atoms with Gasteiger partial charge in [0.25, 0.3) is 0 Å². The first-order valence-corrected chi connectivity index (χ1v) is 17.7. The van der Waals surface area contributed by atoms with Crippen LogP contribution in [0.4, 0.5) is 0 Å². The van der Waals surface area contributed by atoms with Crippen LogP contribution in [0.2, 0.25) is 0 Å². The Morgan fingerprint density at radius 1 is 0.769 bits per heavy atom. The molecule has 0 nitrogen and oxygen atoms in total. The van der Waals surface area contributed by atoms with Crippen LogP contribution in [0.3, 0.4) is 0 Å². The average molecular weight is 627 g/mol. The normalized spacial score (nSPS) is 32.0. The third kappa shape index (κ3) is 4.73. The van der Waals surface area contributed by atoms with E-state index in [0.717, 1.165) is 16.4 Å². The van der Waals surface area contributed by atoms with Crippen molar-refractivity contribution in [2.75, 3.05) is 24.5 Å². The summed E-state index contributed by atoms with van der Waals surface area (Å²) in [5.74, 6) is 2.54. The lowest BCUT2D eigenvalue weighted by molar-refractivity contribution is 0.384. The van der Waals surface area contributed by atoms with Gasteiger partial charge in [-0.15, -0.1) is 0 Å². The summed E-state index contributed by atoms with van der Waals surface area (Å²) in [6, 6.07) is 0. The topological polar surface area (TPSA) is 0 Å². The summed E-state index contributed by atoms with van der Waals surface area (Å²) >= 11 is 5.84. The van der Waals surface area contributed by atoms with E-state index in [2.05, 4.69) is 91.6 Å². The molecule has 0 heterocycles. The monoisotopic (exact) mass is 626 g/mol. The predicted molar refractivity (Wildman–Crippen MR) is 147 cm³/mol. The Labute approximate surface area is 195 Å². The van der Waals surface area contributed by atoms with Crippen LogP contribution in [0, 0.1) is 5.92 Å². The van der Waals surface area contributed by atoms with E-state index < -0.39 is 20.1 Å². The number of rotatable bonds is 6. The van der Waals surface area contributed by atoms with E-state index in [9.17, 15) is 0 Å². The van der Waals surface area contributed by atoms with Crippen molar-refractivity contribution in [3.63, 3.8) is 0 Å². The van der Waals surface area contributed by atoms with Crippen LogP contribution in [0.25, 0.3) is 0 Å².